The summed E-state index contributed by atoms with van der Waals surface area (Å²) in [4.78, 5) is 9.34. The van der Waals surface area contributed by atoms with E-state index < -0.39 is 0 Å². The van der Waals surface area contributed by atoms with Crippen molar-refractivity contribution in [1.29, 1.82) is 0 Å². The molecule has 2 heterocycles. The number of hydrogen-bond donors (Lipinski definition) is 0. The van der Waals surface area contributed by atoms with E-state index in [4.69, 9.17) is 4.98 Å². The van der Waals surface area contributed by atoms with E-state index in [2.05, 4.69) is 41.4 Å². The van der Waals surface area contributed by atoms with E-state index in [-0.39, 0.29) is 5.82 Å². The lowest BCUT2D eigenvalue weighted by Crippen LogP contribution is -1.92. The average molecular weight is 352 g/mol. The standard InChI is InChI=1S/C24H17FN2/c1-15-5-10-21-19-3-2-4-20(22(19)14-24(21)27-15)23-13-17(11-12-26-23)16-6-8-18(25)9-7-16/h2-13H,14H2,1H3. The monoisotopic (exact) mass is 352 g/mol. The lowest BCUT2D eigenvalue weighted by Gasteiger charge is -2.10. The van der Waals surface area contributed by atoms with Crippen LogP contribution in [-0.4, -0.2) is 9.97 Å². The van der Waals surface area contributed by atoms with Gasteiger partial charge in [-0.2, -0.15) is 0 Å². The van der Waals surface area contributed by atoms with Gasteiger partial charge in [0.05, 0.1) is 11.4 Å². The molecule has 5 rings (SSSR count). The van der Waals surface area contributed by atoms with Crippen molar-refractivity contribution in [3.63, 3.8) is 0 Å². The van der Waals surface area contributed by atoms with Gasteiger partial charge in [-0.05, 0) is 59.5 Å². The van der Waals surface area contributed by atoms with Crippen LogP contribution in [0.3, 0.4) is 0 Å². The molecule has 0 saturated heterocycles. The highest BCUT2D eigenvalue weighted by molar-refractivity contribution is 5.84. The Morgan fingerprint density at radius 1 is 0.815 bits per heavy atom. The van der Waals surface area contributed by atoms with Gasteiger partial charge in [0, 0.05) is 29.4 Å². The van der Waals surface area contributed by atoms with Crippen molar-refractivity contribution in [2.45, 2.75) is 13.3 Å². The molecule has 0 spiro atoms. The van der Waals surface area contributed by atoms with Gasteiger partial charge in [0.1, 0.15) is 5.82 Å². The van der Waals surface area contributed by atoms with Crippen LogP contribution in [0.1, 0.15) is 17.0 Å². The number of fused-ring (bicyclic) bond motifs is 3. The summed E-state index contributed by atoms with van der Waals surface area (Å²) in [5.41, 5.74) is 9.97. The number of nitrogens with zero attached hydrogens (tertiary/aromatic N) is 2. The van der Waals surface area contributed by atoms with E-state index in [0.29, 0.717) is 0 Å². The molecule has 0 amide bonds. The number of hydrogen-bond acceptors (Lipinski definition) is 2. The molecule has 0 N–H and O–H groups in total. The van der Waals surface area contributed by atoms with E-state index >= 15 is 0 Å². The average Bonchev–Trinajstić information content (AvgIpc) is 3.06. The molecule has 3 heteroatoms. The smallest absolute Gasteiger partial charge is 0.123 e. The molecule has 2 aromatic carbocycles. The number of benzene rings is 2. The molecule has 4 aromatic rings. The van der Waals surface area contributed by atoms with Gasteiger partial charge in [-0.1, -0.05) is 36.4 Å². The lowest BCUT2D eigenvalue weighted by molar-refractivity contribution is 0.628. The van der Waals surface area contributed by atoms with Gasteiger partial charge in [-0.3, -0.25) is 9.97 Å². The number of aromatic nitrogens is 2. The summed E-state index contributed by atoms with van der Waals surface area (Å²) in [5, 5.41) is 0. The van der Waals surface area contributed by atoms with Crippen LogP contribution in [0.5, 0.6) is 0 Å². The molecular weight excluding hydrogens is 335 g/mol. The number of pyridine rings is 2. The zero-order chi connectivity index (χ0) is 18.4. The minimum Gasteiger partial charge on any atom is -0.257 e. The first-order valence-electron chi connectivity index (χ1n) is 9.00. The Morgan fingerprint density at radius 3 is 2.48 bits per heavy atom. The second kappa shape index (κ2) is 6.13. The van der Waals surface area contributed by atoms with Crippen molar-refractivity contribution in [3.05, 3.63) is 95.7 Å². The number of aryl methyl sites for hydroxylation is 1. The predicted octanol–water partition coefficient (Wildman–Crippen LogP) is 5.83. The van der Waals surface area contributed by atoms with Crippen LogP contribution in [0.15, 0.2) is 72.9 Å². The highest BCUT2D eigenvalue weighted by Gasteiger charge is 2.23. The van der Waals surface area contributed by atoms with E-state index in [9.17, 15) is 4.39 Å². The SMILES string of the molecule is Cc1ccc2c(n1)Cc1c(-c3cc(-c4ccc(F)cc4)ccn3)cccc1-2. The fourth-order valence-electron chi connectivity index (χ4n) is 3.83. The van der Waals surface area contributed by atoms with Crippen LogP contribution in [0.2, 0.25) is 0 Å². The molecule has 0 radical (unpaired) electrons. The third kappa shape index (κ3) is 2.72. The maximum absolute atomic E-state index is 13.2. The first kappa shape index (κ1) is 15.9. The van der Waals surface area contributed by atoms with Gasteiger partial charge >= 0.3 is 0 Å². The summed E-state index contributed by atoms with van der Waals surface area (Å²) in [6, 6.07) is 21.2. The van der Waals surface area contributed by atoms with Crippen molar-refractivity contribution in [3.8, 4) is 33.5 Å². The van der Waals surface area contributed by atoms with Gasteiger partial charge in [0.2, 0.25) is 0 Å². The second-order valence-electron chi connectivity index (χ2n) is 6.89. The van der Waals surface area contributed by atoms with Crippen LogP contribution >= 0.6 is 0 Å². The molecule has 1 aliphatic rings. The van der Waals surface area contributed by atoms with Crippen molar-refractivity contribution in [2.75, 3.05) is 0 Å². The van der Waals surface area contributed by atoms with Crippen LogP contribution in [0.4, 0.5) is 4.39 Å². The Kier molecular flexibility index (Phi) is 3.61. The molecule has 2 nitrogen and oxygen atoms in total. The van der Waals surface area contributed by atoms with Gasteiger partial charge < -0.3 is 0 Å². The summed E-state index contributed by atoms with van der Waals surface area (Å²) in [7, 11) is 0. The van der Waals surface area contributed by atoms with Gasteiger partial charge in [-0.25, -0.2) is 4.39 Å². The minimum absolute atomic E-state index is 0.227. The molecule has 1 aliphatic carbocycles. The first-order valence-corrected chi connectivity index (χ1v) is 9.00. The summed E-state index contributed by atoms with van der Waals surface area (Å²) < 4.78 is 13.2. The Labute approximate surface area is 157 Å². The van der Waals surface area contributed by atoms with Gasteiger partial charge in [0.25, 0.3) is 0 Å². The molecular formula is C24H17FN2. The van der Waals surface area contributed by atoms with Crippen molar-refractivity contribution >= 4 is 0 Å². The molecule has 0 aliphatic heterocycles. The third-order valence-corrected chi connectivity index (χ3v) is 5.14. The van der Waals surface area contributed by atoms with Crippen LogP contribution in [0, 0.1) is 12.7 Å². The maximum Gasteiger partial charge on any atom is 0.123 e. The zero-order valence-electron chi connectivity index (χ0n) is 14.9. The lowest BCUT2D eigenvalue weighted by atomic mass is 9.97. The highest BCUT2D eigenvalue weighted by atomic mass is 19.1. The highest BCUT2D eigenvalue weighted by Crippen LogP contribution is 2.40. The topological polar surface area (TPSA) is 25.8 Å². The summed E-state index contributed by atoms with van der Waals surface area (Å²) in [6.07, 6.45) is 2.64. The van der Waals surface area contributed by atoms with Crippen LogP contribution in [-0.2, 0) is 6.42 Å². The molecule has 2 aromatic heterocycles. The largest absolute Gasteiger partial charge is 0.257 e. The molecule has 130 valence electrons. The molecule has 0 fully saturated rings. The fourth-order valence-corrected chi connectivity index (χ4v) is 3.83. The van der Waals surface area contributed by atoms with Crippen molar-refractivity contribution in [1.82, 2.24) is 9.97 Å². The zero-order valence-corrected chi connectivity index (χ0v) is 14.9. The van der Waals surface area contributed by atoms with E-state index in [0.717, 1.165) is 40.2 Å². The quantitative estimate of drug-likeness (QED) is 0.399. The van der Waals surface area contributed by atoms with Crippen LogP contribution < -0.4 is 0 Å². The summed E-state index contributed by atoms with van der Waals surface area (Å²) >= 11 is 0. The second-order valence-corrected chi connectivity index (χ2v) is 6.89. The molecule has 27 heavy (non-hydrogen) atoms. The predicted molar refractivity (Wildman–Crippen MR) is 106 cm³/mol. The maximum atomic E-state index is 13.2. The molecule has 0 atom stereocenters. The Morgan fingerprint density at radius 2 is 1.63 bits per heavy atom. The van der Waals surface area contributed by atoms with Gasteiger partial charge in [-0.15, -0.1) is 0 Å². The Hall–Kier alpha value is -3.33. The minimum atomic E-state index is -0.227. The Balaban J connectivity index is 1.61. The summed E-state index contributed by atoms with van der Waals surface area (Å²) in [5.74, 6) is -0.227. The fraction of sp³-hybridized carbons (Fsp3) is 0.0833. The Bertz CT molecular complexity index is 1160. The van der Waals surface area contributed by atoms with Crippen molar-refractivity contribution in [2.24, 2.45) is 0 Å². The van der Waals surface area contributed by atoms with Gasteiger partial charge in [0.15, 0.2) is 0 Å². The molecule has 0 bridgehead atoms. The normalized spacial score (nSPS) is 11.9. The van der Waals surface area contributed by atoms with Crippen molar-refractivity contribution < 1.29 is 4.39 Å². The van der Waals surface area contributed by atoms with E-state index in [1.807, 2.05) is 19.2 Å². The van der Waals surface area contributed by atoms with Crippen LogP contribution in [0.25, 0.3) is 33.5 Å². The number of halogens is 1. The molecule has 0 saturated carbocycles. The third-order valence-electron chi connectivity index (χ3n) is 5.14. The summed E-state index contributed by atoms with van der Waals surface area (Å²) in [6.45, 7) is 2.03. The van der Waals surface area contributed by atoms with E-state index in [1.54, 1.807) is 12.1 Å². The van der Waals surface area contributed by atoms with E-state index in [1.165, 1.54) is 28.8 Å². The first-order chi connectivity index (χ1) is 13.2. The molecule has 0 unspecified atom stereocenters. The number of rotatable bonds is 2.